The number of aromatic hydroxyl groups is 1. The quantitative estimate of drug-likeness (QED) is 0.440. The van der Waals surface area contributed by atoms with E-state index in [1.807, 2.05) is 24.3 Å². The molecule has 3 rings (SSSR count). The third-order valence-electron chi connectivity index (χ3n) is 5.15. The molecule has 0 radical (unpaired) electrons. The smallest absolute Gasteiger partial charge is 0.123 e. The van der Waals surface area contributed by atoms with Crippen LogP contribution in [0.3, 0.4) is 0 Å². The van der Waals surface area contributed by atoms with Gasteiger partial charge in [0.05, 0.1) is 34.7 Å². The molecule has 0 aromatic heterocycles. The first-order chi connectivity index (χ1) is 15.1. The van der Waals surface area contributed by atoms with Crippen LogP contribution in [0, 0.1) is 0 Å². The Labute approximate surface area is 182 Å². The lowest BCUT2D eigenvalue weighted by Gasteiger charge is -2.28. The zero-order valence-corrected chi connectivity index (χ0v) is 18.1. The first-order valence-corrected chi connectivity index (χ1v) is 10.0. The first kappa shape index (κ1) is 22.5. The molecular formula is C24H29NO6. The molecule has 0 amide bonds. The van der Waals surface area contributed by atoms with Gasteiger partial charge >= 0.3 is 0 Å². The molecule has 0 spiro atoms. The van der Waals surface area contributed by atoms with Gasteiger partial charge in [0, 0.05) is 22.6 Å². The molecule has 1 aliphatic carbocycles. The lowest BCUT2D eigenvalue weighted by atomic mass is 9.84. The average Bonchev–Trinajstić information content (AvgIpc) is 2.81. The minimum absolute atomic E-state index is 0.124. The van der Waals surface area contributed by atoms with Crippen LogP contribution >= 0.6 is 0 Å². The van der Waals surface area contributed by atoms with Crippen LogP contribution in [0.2, 0.25) is 0 Å². The summed E-state index contributed by atoms with van der Waals surface area (Å²) in [5.41, 5.74) is 7.75. The van der Waals surface area contributed by atoms with E-state index in [0.29, 0.717) is 36.7 Å². The molecule has 1 atom stereocenters. The molecule has 0 saturated carbocycles. The summed E-state index contributed by atoms with van der Waals surface area (Å²) in [5, 5.41) is 10.6. The number of nitrogens with two attached hydrogens (primary N) is 1. The molecule has 7 nitrogen and oxygen atoms in total. The highest BCUT2D eigenvalue weighted by atomic mass is 16.5. The van der Waals surface area contributed by atoms with Crippen LogP contribution in [0.25, 0.3) is 5.57 Å². The van der Waals surface area contributed by atoms with Gasteiger partial charge < -0.3 is 34.5 Å². The average molecular weight is 427 g/mol. The van der Waals surface area contributed by atoms with Crippen LogP contribution < -0.4 is 19.9 Å². The Bertz CT molecular complexity index is 953. The Morgan fingerprint density at radius 3 is 2.42 bits per heavy atom. The molecule has 0 saturated heterocycles. The Balaban J connectivity index is 2.12. The molecule has 2 aromatic carbocycles. The van der Waals surface area contributed by atoms with Gasteiger partial charge in [0.15, 0.2) is 0 Å². The fraction of sp³-hybridized carbons (Fsp3) is 0.333. The first-order valence-electron chi connectivity index (χ1n) is 10.0. The van der Waals surface area contributed by atoms with E-state index >= 15 is 0 Å². The van der Waals surface area contributed by atoms with Crippen LogP contribution in [0.1, 0.15) is 23.5 Å². The maximum absolute atomic E-state index is 10.6. The van der Waals surface area contributed by atoms with Gasteiger partial charge in [-0.2, -0.15) is 0 Å². The number of hydrogen-bond donors (Lipinski definition) is 2. The van der Waals surface area contributed by atoms with Gasteiger partial charge in [-0.05, 0) is 42.8 Å². The summed E-state index contributed by atoms with van der Waals surface area (Å²) in [6.07, 6.45) is 4.71. The highest BCUT2D eigenvalue weighted by Gasteiger charge is 2.28. The lowest BCUT2D eigenvalue weighted by Crippen LogP contribution is -2.16. The third-order valence-corrected chi connectivity index (χ3v) is 5.15. The minimum Gasteiger partial charge on any atom is -0.507 e. The van der Waals surface area contributed by atoms with E-state index in [-0.39, 0.29) is 18.4 Å². The second-order valence-electron chi connectivity index (χ2n) is 6.88. The molecule has 1 unspecified atom stereocenters. The van der Waals surface area contributed by atoms with Gasteiger partial charge in [-0.15, -0.1) is 0 Å². The normalized spacial score (nSPS) is 15.7. The summed E-state index contributed by atoms with van der Waals surface area (Å²) >= 11 is 0. The van der Waals surface area contributed by atoms with E-state index in [1.54, 1.807) is 39.5 Å². The summed E-state index contributed by atoms with van der Waals surface area (Å²) in [4.78, 5) is 0. The summed E-state index contributed by atoms with van der Waals surface area (Å²) in [7, 11) is 4.86. The predicted octanol–water partition coefficient (Wildman–Crippen LogP) is 3.82. The van der Waals surface area contributed by atoms with E-state index in [0.717, 1.165) is 22.6 Å². The standard InChI is InChI=1S/C24H29NO6/c1-27-16-7-9-22(26)20(13-16)18-5-4-6-19(24(18)31-12-11-30-15-25)21-14-17(28-2)8-10-23(21)29-3/h4-5,7-10,13-14,19,26H,6,11-12,15,25H2,1-3H3. The molecular weight excluding hydrogens is 398 g/mol. The highest BCUT2D eigenvalue weighted by Crippen LogP contribution is 2.45. The van der Waals surface area contributed by atoms with Crippen molar-refractivity contribution >= 4 is 5.57 Å². The van der Waals surface area contributed by atoms with Crippen molar-refractivity contribution in [2.24, 2.45) is 5.73 Å². The van der Waals surface area contributed by atoms with Gasteiger partial charge in [0.1, 0.15) is 35.4 Å². The van der Waals surface area contributed by atoms with Gasteiger partial charge in [-0.3, -0.25) is 0 Å². The topological polar surface area (TPSA) is 92.4 Å². The van der Waals surface area contributed by atoms with Crippen molar-refractivity contribution in [3.8, 4) is 23.0 Å². The molecule has 1 aliphatic rings. The van der Waals surface area contributed by atoms with Crippen LogP contribution in [0.15, 0.2) is 54.3 Å². The van der Waals surface area contributed by atoms with E-state index in [2.05, 4.69) is 6.08 Å². The van der Waals surface area contributed by atoms with Gasteiger partial charge in [0.2, 0.25) is 0 Å². The highest BCUT2D eigenvalue weighted by molar-refractivity contribution is 5.82. The van der Waals surface area contributed by atoms with Gasteiger partial charge in [-0.25, -0.2) is 0 Å². The van der Waals surface area contributed by atoms with E-state index in [1.165, 1.54) is 0 Å². The van der Waals surface area contributed by atoms with E-state index in [9.17, 15) is 5.11 Å². The summed E-state index contributed by atoms with van der Waals surface area (Å²) in [6.45, 7) is 0.791. The van der Waals surface area contributed by atoms with Crippen molar-refractivity contribution < 1.29 is 28.8 Å². The van der Waals surface area contributed by atoms with Gasteiger partial charge in [-0.1, -0.05) is 12.2 Å². The number of phenolic OH excluding ortho intramolecular Hbond substituents is 1. The van der Waals surface area contributed by atoms with Crippen molar-refractivity contribution in [1.29, 1.82) is 0 Å². The van der Waals surface area contributed by atoms with Crippen LogP contribution in [0.4, 0.5) is 0 Å². The van der Waals surface area contributed by atoms with Crippen molar-refractivity contribution in [2.45, 2.75) is 12.3 Å². The molecule has 2 aromatic rings. The fourth-order valence-electron chi connectivity index (χ4n) is 3.63. The maximum atomic E-state index is 10.6. The molecule has 0 bridgehead atoms. The number of benzene rings is 2. The number of methoxy groups -OCH3 is 3. The number of ether oxygens (including phenoxy) is 5. The van der Waals surface area contributed by atoms with Crippen LogP contribution in [-0.2, 0) is 9.47 Å². The summed E-state index contributed by atoms with van der Waals surface area (Å²) < 4.78 is 27.9. The van der Waals surface area contributed by atoms with Crippen LogP contribution in [0.5, 0.6) is 23.0 Å². The van der Waals surface area contributed by atoms with Crippen LogP contribution in [-0.4, -0.2) is 46.4 Å². The Kier molecular flexibility index (Phi) is 7.81. The SMILES string of the molecule is COc1ccc(O)c(C2=C(OCCOCN)C(c3cc(OC)ccc3OC)CC=C2)c1. The molecule has 0 heterocycles. The molecule has 3 N–H and O–H groups in total. The minimum atomic E-state index is -0.145. The second kappa shape index (κ2) is 10.7. The van der Waals surface area contributed by atoms with Crippen molar-refractivity contribution in [2.75, 3.05) is 41.3 Å². The number of allylic oxidation sites excluding steroid dienone is 4. The van der Waals surface area contributed by atoms with Crippen molar-refractivity contribution in [1.82, 2.24) is 0 Å². The zero-order valence-electron chi connectivity index (χ0n) is 18.1. The molecule has 0 aliphatic heterocycles. The number of hydrogen-bond acceptors (Lipinski definition) is 7. The second-order valence-corrected chi connectivity index (χ2v) is 6.88. The lowest BCUT2D eigenvalue weighted by molar-refractivity contribution is 0.0749. The van der Waals surface area contributed by atoms with Crippen molar-refractivity contribution in [3.05, 3.63) is 65.4 Å². The molecule has 0 fully saturated rings. The van der Waals surface area contributed by atoms with Crippen molar-refractivity contribution in [3.63, 3.8) is 0 Å². The largest absolute Gasteiger partial charge is 0.507 e. The summed E-state index contributed by atoms with van der Waals surface area (Å²) in [6, 6.07) is 10.8. The fourth-order valence-corrected chi connectivity index (χ4v) is 3.63. The van der Waals surface area contributed by atoms with E-state index in [4.69, 9.17) is 29.4 Å². The van der Waals surface area contributed by atoms with E-state index < -0.39 is 0 Å². The Morgan fingerprint density at radius 2 is 1.71 bits per heavy atom. The monoisotopic (exact) mass is 427 g/mol. The number of phenols is 1. The predicted molar refractivity (Wildman–Crippen MR) is 119 cm³/mol. The Hall–Kier alpha value is -3.16. The summed E-state index contributed by atoms with van der Waals surface area (Å²) in [5.74, 6) is 2.79. The molecule has 7 heteroatoms. The molecule has 31 heavy (non-hydrogen) atoms. The zero-order chi connectivity index (χ0) is 22.2. The Morgan fingerprint density at radius 1 is 0.968 bits per heavy atom. The maximum Gasteiger partial charge on any atom is 0.123 e. The van der Waals surface area contributed by atoms with Gasteiger partial charge in [0.25, 0.3) is 0 Å². The molecule has 166 valence electrons. The number of rotatable bonds is 10. The third kappa shape index (κ3) is 5.13.